The van der Waals surface area contributed by atoms with Crippen molar-refractivity contribution in [2.75, 3.05) is 13.7 Å². The predicted molar refractivity (Wildman–Crippen MR) is 44.4 cm³/mol. The molecule has 0 radical (unpaired) electrons. The van der Waals surface area contributed by atoms with Gasteiger partial charge in [0, 0.05) is 19.9 Å². The van der Waals surface area contributed by atoms with Gasteiger partial charge in [0.2, 0.25) is 5.95 Å². The fourth-order valence-electron chi connectivity index (χ4n) is 0.975. The lowest BCUT2D eigenvalue weighted by Crippen LogP contribution is -1.93. The fraction of sp³-hybridized carbons (Fsp3) is 0.444. The minimum Gasteiger partial charge on any atom is -0.385 e. The van der Waals surface area contributed by atoms with Crippen LogP contribution in [-0.2, 0) is 11.2 Å². The third kappa shape index (κ3) is 2.96. The molecule has 0 amide bonds. The summed E-state index contributed by atoms with van der Waals surface area (Å²) in [5, 5.41) is 0. The van der Waals surface area contributed by atoms with Crippen LogP contribution < -0.4 is 0 Å². The van der Waals surface area contributed by atoms with Crippen LogP contribution in [-0.4, -0.2) is 18.7 Å². The van der Waals surface area contributed by atoms with Crippen molar-refractivity contribution >= 4 is 0 Å². The molecule has 0 fully saturated rings. The Morgan fingerprint density at radius 3 is 2.92 bits per heavy atom. The van der Waals surface area contributed by atoms with Gasteiger partial charge < -0.3 is 4.74 Å². The van der Waals surface area contributed by atoms with Gasteiger partial charge in [-0.3, -0.25) is 0 Å². The topological polar surface area (TPSA) is 22.1 Å². The molecule has 1 aromatic heterocycles. The first-order valence-corrected chi connectivity index (χ1v) is 3.92. The summed E-state index contributed by atoms with van der Waals surface area (Å²) in [7, 11) is 1.67. The maximum Gasteiger partial charge on any atom is 0.212 e. The number of aryl methyl sites for hydroxylation is 1. The molecule has 0 N–H and O–H groups in total. The van der Waals surface area contributed by atoms with Gasteiger partial charge in [0.05, 0.1) is 0 Å². The van der Waals surface area contributed by atoms with Crippen LogP contribution in [0.2, 0.25) is 0 Å². The zero-order valence-electron chi connectivity index (χ0n) is 7.09. The number of hydrogen-bond donors (Lipinski definition) is 0. The monoisotopic (exact) mass is 169 g/mol. The number of ether oxygens (including phenoxy) is 1. The molecule has 0 aromatic carbocycles. The van der Waals surface area contributed by atoms with Gasteiger partial charge in [-0.05, 0) is 24.5 Å². The van der Waals surface area contributed by atoms with Crippen molar-refractivity contribution in [3.05, 3.63) is 29.8 Å². The molecule has 2 nitrogen and oxygen atoms in total. The number of pyridine rings is 1. The molecule has 0 aliphatic carbocycles. The van der Waals surface area contributed by atoms with Crippen LogP contribution in [0.25, 0.3) is 0 Å². The van der Waals surface area contributed by atoms with Gasteiger partial charge in [0.1, 0.15) is 0 Å². The maximum absolute atomic E-state index is 12.3. The molecule has 0 aliphatic heterocycles. The summed E-state index contributed by atoms with van der Waals surface area (Å²) in [6.45, 7) is 0.734. The molecule has 0 saturated heterocycles. The van der Waals surface area contributed by atoms with Crippen LogP contribution in [0.4, 0.5) is 4.39 Å². The second-order valence-corrected chi connectivity index (χ2v) is 2.59. The van der Waals surface area contributed by atoms with Gasteiger partial charge in [-0.15, -0.1) is 0 Å². The molecular formula is C9H12FNO. The molecular weight excluding hydrogens is 157 g/mol. The van der Waals surface area contributed by atoms with E-state index in [2.05, 4.69) is 4.98 Å². The second kappa shape index (κ2) is 4.83. The average Bonchev–Trinajstić information content (AvgIpc) is 2.09. The Morgan fingerprint density at radius 1 is 1.50 bits per heavy atom. The van der Waals surface area contributed by atoms with E-state index in [1.165, 1.54) is 6.07 Å². The number of hydrogen-bond acceptors (Lipinski definition) is 2. The lowest BCUT2D eigenvalue weighted by molar-refractivity contribution is 0.195. The van der Waals surface area contributed by atoms with Crippen molar-refractivity contribution in [2.45, 2.75) is 12.8 Å². The maximum atomic E-state index is 12.3. The Morgan fingerprint density at radius 2 is 2.33 bits per heavy atom. The van der Waals surface area contributed by atoms with Crippen LogP contribution in [0.1, 0.15) is 12.0 Å². The van der Waals surface area contributed by atoms with E-state index in [0.29, 0.717) is 0 Å². The van der Waals surface area contributed by atoms with Crippen LogP contribution in [0, 0.1) is 5.95 Å². The molecule has 12 heavy (non-hydrogen) atoms. The van der Waals surface area contributed by atoms with Gasteiger partial charge >= 0.3 is 0 Å². The SMILES string of the molecule is COCCCc1ccc(F)nc1. The number of nitrogens with zero attached hydrogens (tertiary/aromatic N) is 1. The van der Waals surface area contributed by atoms with Gasteiger partial charge in [0.15, 0.2) is 0 Å². The molecule has 0 aliphatic rings. The van der Waals surface area contributed by atoms with Crippen molar-refractivity contribution in [2.24, 2.45) is 0 Å². The summed E-state index contributed by atoms with van der Waals surface area (Å²) in [6.07, 6.45) is 3.40. The van der Waals surface area contributed by atoms with Crippen LogP contribution in [0.3, 0.4) is 0 Å². The number of methoxy groups -OCH3 is 1. The summed E-state index contributed by atoms with van der Waals surface area (Å²) in [5.74, 6) is -0.425. The molecule has 66 valence electrons. The standard InChI is InChI=1S/C9H12FNO/c1-12-6-2-3-8-4-5-9(10)11-7-8/h4-5,7H,2-3,6H2,1H3. The first-order chi connectivity index (χ1) is 5.83. The fourth-order valence-corrected chi connectivity index (χ4v) is 0.975. The summed E-state index contributed by atoms with van der Waals surface area (Å²) in [5.41, 5.74) is 1.05. The summed E-state index contributed by atoms with van der Waals surface area (Å²) in [4.78, 5) is 3.55. The third-order valence-corrected chi connectivity index (χ3v) is 1.60. The lowest BCUT2D eigenvalue weighted by Gasteiger charge is -1.99. The summed E-state index contributed by atoms with van der Waals surface area (Å²) < 4.78 is 17.2. The van der Waals surface area contributed by atoms with E-state index in [-0.39, 0.29) is 0 Å². The number of aromatic nitrogens is 1. The van der Waals surface area contributed by atoms with Crippen molar-refractivity contribution in [1.29, 1.82) is 0 Å². The van der Waals surface area contributed by atoms with E-state index >= 15 is 0 Å². The summed E-state index contributed by atoms with van der Waals surface area (Å²) >= 11 is 0. The smallest absolute Gasteiger partial charge is 0.212 e. The predicted octanol–water partition coefficient (Wildman–Crippen LogP) is 1.80. The van der Waals surface area contributed by atoms with E-state index < -0.39 is 5.95 Å². The van der Waals surface area contributed by atoms with Crippen LogP contribution in [0.15, 0.2) is 18.3 Å². The van der Waals surface area contributed by atoms with E-state index in [0.717, 1.165) is 25.0 Å². The Bertz CT molecular complexity index is 222. The van der Waals surface area contributed by atoms with Gasteiger partial charge in [-0.1, -0.05) is 6.07 Å². The quantitative estimate of drug-likeness (QED) is 0.506. The normalized spacial score (nSPS) is 10.2. The Labute approximate surface area is 71.4 Å². The minimum atomic E-state index is -0.425. The highest BCUT2D eigenvalue weighted by molar-refractivity contribution is 5.09. The Kier molecular flexibility index (Phi) is 3.67. The third-order valence-electron chi connectivity index (χ3n) is 1.60. The Balaban J connectivity index is 2.37. The number of rotatable bonds is 4. The average molecular weight is 169 g/mol. The molecule has 1 heterocycles. The second-order valence-electron chi connectivity index (χ2n) is 2.59. The van der Waals surface area contributed by atoms with Gasteiger partial charge in [-0.2, -0.15) is 4.39 Å². The lowest BCUT2D eigenvalue weighted by atomic mass is 10.2. The van der Waals surface area contributed by atoms with Gasteiger partial charge in [-0.25, -0.2) is 4.98 Å². The van der Waals surface area contributed by atoms with E-state index in [4.69, 9.17) is 4.74 Å². The van der Waals surface area contributed by atoms with E-state index in [1.54, 1.807) is 19.4 Å². The summed E-state index contributed by atoms with van der Waals surface area (Å²) in [6, 6.07) is 3.13. The van der Waals surface area contributed by atoms with Crippen molar-refractivity contribution in [1.82, 2.24) is 4.98 Å². The molecule has 3 heteroatoms. The van der Waals surface area contributed by atoms with E-state index in [9.17, 15) is 4.39 Å². The molecule has 0 saturated carbocycles. The molecule has 0 bridgehead atoms. The van der Waals surface area contributed by atoms with Crippen LogP contribution >= 0.6 is 0 Å². The van der Waals surface area contributed by atoms with Crippen molar-refractivity contribution < 1.29 is 9.13 Å². The molecule has 1 aromatic rings. The first-order valence-electron chi connectivity index (χ1n) is 3.92. The Hall–Kier alpha value is -0.960. The first kappa shape index (κ1) is 9.13. The molecule has 0 spiro atoms. The van der Waals surface area contributed by atoms with Crippen molar-refractivity contribution in [3.8, 4) is 0 Å². The van der Waals surface area contributed by atoms with Crippen LogP contribution in [0.5, 0.6) is 0 Å². The minimum absolute atomic E-state index is 0.425. The molecule has 0 unspecified atom stereocenters. The van der Waals surface area contributed by atoms with Crippen molar-refractivity contribution in [3.63, 3.8) is 0 Å². The zero-order chi connectivity index (χ0) is 8.81. The zero-order valence-corrected chi connectivity index (χ0v) is 7.09. The van der Waals surface area contributed by atoms with Gasteiger partial charge in [0.25, 0.3) is 0 Å². The highest BCUT2D eigenvalue weighted by atomic mass is 19.1. The van der Waals surface area contributed by atoms with E-state index in [1.807, 2.05) is 0 Å². The molecule has 1 rings (SSSR count). The number of halogens is 1. The molecule has 0 atom stereocenters. The highest BCUT2D eigenvalue weighted by Crippen LogP contribution is 2.02. The largest absolute Gasteiger partial charge is 0.385 e. The highest BCUT2D eigenvalue weighted by Gasteiger charge is 1.94.